The number of benzene rings is 1. The van der Waals surface area contributed by atoms with Gasteiger partial charge in [-0.3, -0.25) is 0 Å². The molecule has 0 aliphatic carbocycles. The molecule has 2 nitrogen and oxygen atoms in total. The van der Waals surface area contributed by atoms with Crippen LogP contribution in [0.3, 0.4) is 0 Å². The molecule has 12 heavy (non-hydrogen) atoms. The van der Waals surface area contributed by atoms with Crippen molar-refractivity contribution in [1.82, 2.24) is 0 Å². The van der Waals surface area contributed by atoms with Crippen LogP contribution in [-0.2, 0) is 6.54 Å². The van der Waals surface area contributed by atoms with Crippen LogP contribution in [0.4, 0.5) is 0 Å². The zero-order valence-corrected chi connectivity index (χ0v) is 9.97. The first-order valence-corrected chi connectivity index (χ1v) is 4.12. The Bertz CT molecular complexity index is 276. The standard InChI is InChI=1S/C8H10BrNO.BrH/c1-5-2-6(4-10)8(11)3-7(5)9;/h2-3,11H,4,10H2,1H3;1H. The van der Waals surface area contributed by atoms with E-state index in [0.29, 0.717) is 6.54 Å². The summed E-state index contributed by atoms with van der Waals surface area (Å²) >= 11 is 3.31. The van der Waals surface area contributed by atoms with Gasteiger partial charge in [-0.1, -0.05) is 15.9 Å². The average molecular weight is 297 g/mol. The summed E-state index contributed by atoms with van der Waals surface area (Å²) in [6.45, 7) is 2.34. The van der Waals surface area contributed by atoms with E-state index in [0.717, 1.165) is 15.6 Å². The fourth-order valence-corrected chi connectivity index (χ4v) is 1.23. The van der Waals surface area contributed by atoms with Crippen molar-refractivity contribution < 1.29 is 5.11 Å². The van der Waals surface area contributed by atoms with Crippen LogP contribution in [0.25, 0.3) is 0 Å². The van der Waals surface area contributed by atoms with E-state index in [4.69, 9.17) is 5.73 Å². The van der Waals surface area contributed by atoms with Crippen LogP contribution in [0.5, 0.6) is 5.75 Å². The molecule has 0 saturated carbocycles. The summed E-state index contributed by atoms with van der Waals surface area (Å²) in [7, 11) is 0. The van der Waals surface area contributed by atoms with Gasteiger partial charge >= 0.3 is 0 Å². The number of hydrogen-bond acceptors (Lipinski definition) is 2. The third-order valence-electron chi connectivity index (χ3n) is 1.58. The van der Waals surface area contributed by atoms with E-state index in [2.05, 4.69) is 15.9 Å². The highest BCUT2D eigenvalue weighted by Gasteiger charge is 2.02. The van der Waals surface area contributed by atoms with E-state index in [1.807, 2.05) is 13.0 Å². The highest BCUT2D eigenvalue weighted by Crippen LogP contribution is 2.25. The molecular formula is C8H11Br2NO. The van der Waals surface area contributed by atoms with Gasteiger partial charge in [-0.25, -0.2) is 0 Å². The molecule has 0 bridgehead atoms. The molecule has 0 fully saturated rings. The Balaban J connectivity index is 0.00000121. The molecule has 3 N–H and O–H groups in total. The van der Waals surface area contributed by atoms with E-state index in [1.54, 1.807) is 6.07 Å². The first kappa shape index (κ1) is 11.9. The van der Waals surface area contributed by atoms with Crippen LogP contribution in [0.2, 0.25) is 0 Å². The third kappa shape index (κ3) is 2.47. The molecule has 1 aromatic carbocycles. The number of phenolic OH excluding ortho intramolecular Hbond substituents is 1. The van der Waals surface area contributed by atoms with Gasteiger partial charge in [0.1, 0.15) is 5.75 Å². The lowest BCUT2D eigenvalue weighted by molar-refractivity contribution is 0.468. The highest BCUT2D eigenvalue weighted by atomic mass is 79.9. The van der Waals surface area contributed by atoms with Crippen LogP contribution in [0.15, 0.2) is 16.6 Å². The first-order valence-electron chi connectivity index (χ1n) is 3.33. The van der Waals surface area contributed by atoms with Crippen LogP contribution in [0.1, 0.15) is 11.1 Å². The number of aromatic hydroxyl groups is 1. The number of phenols is 1. The van der Waals surface area contributed by atoms with E-state index in [1.165, 1.54) is 0 Å². The van der Waals surface area contributed by atoms with Crippen molar-refractivity contribution in [3.8, 4) is 5.75 Å². The van der Waals surface area contributed by atoms with Crippen molar-refractivity contribution in [2.24, 2.45) is 5.73 Å². The van der Waals surface area contributed by atoms with E-state index in [9.17, 15) is 5.11 Å². The van der Waals surface area contributed by atoms with Crippen LogP contribution in [-0.4, -0.2) is 5.11 Å². The van der Waals surface area contributed by atoms with Crippen LogP contribution >= 0.6 is 32.9 Å². The van der Waals surface area contributed by atoms with E-state index < -0.39 is 0 Å². The summed E-state index contributed by atoms with van der Waals surface area (Å²) in [4.78, 5) is 0. The number of nitrogens with two attached hydrogens (primary N) is 1. The lowest BCUT2D eigenvalue weighted by Crippen LogP contribution is -1.97. The molecule has 0 aliphatic heterocycles. The molecule has 4 heteroatoms. The van der Waals surface area contributed by atoms with Crippen molar-refractivity contribution in [2.45, 2.75) is 13.5 Å². The Labute approximate surface area is 90.7 Å². The average Bonchev–Trinajstić information content (AvgIpc) is 1.97. The molecule has 1 aromatic rings. The summed E-state index contributed by atoms with van der Waals surface area (Å²) in [6.07, 6.45) is 0. The smallest absolute Gasteiger partial charge is 0.121 e. The summed E-state index contributed by atoms with van der Waals surface area (Å²) in [6, 6.07) is 3.54. The lowest BCUT2D eigenvalue weighted by Gasteiger charge is -2.04. The van der Waals surface area contributed by atoms with E-state index >= 15 is 0 Å². The lowest BCUT2D eigenvalue weighted by atomic mass is 10.1. The molecule has 0 heterocycles. The molecule has 0 saturated heterocycles. The summed E-state index contributed by atoms with van der Waals surface area (Å²) in [5, 5.41) is 9.31. The van der Waals surface area contributed by atoms with Gasteiger partial charge in [0.15, 0.2) is 0 Å². The van der Waals surface area contributed by atoms with Gasteiger partial charge in [0, 0.05) is 16.6 Å². The maximum Gasteiger partial charge on any atom is 0.121 e. The van der Waals surface area contributed by atoms with Crippen molar-refractivity contribution in [3.63, 3.8) is 0 Å². The predicted molar refractivity (Wildman–Crippen MR) is 58.8 cm³/mol. The molecule has 0 spiro atoms. The largest absolute Gasteiger partial charge is 0.508 e. The zero-order chi connectivity index (χ0) is 8.43. The van der Waals surface area contributed by atoms with Gasteiger partial charge in [-0.2, -0.15) is 0 Å². The Kier molecular flexibility index (Phi) is 4.82. The maximum atomic E-state index is 9.31. The zero-order valence-electron chi connectivity index (χ0n) is 6.67. The fourth-order valence-electron chi connectivity index (χ4n) is 0.894. The number of hydrogen-bond donors (Lipinski definition) is 2. The third-order valence-corrected chi connectivity index (χ3v) is 2.43. The summed E-state index contributed by atoms with van der Waals surface area (Å²) in [5.74, 6) is 0.255. The van der Waals surface area contributed by atoms with Gasteiger partial charge in [-0.15, -0.1) is 17.0 Å². The van der Waals surface area contributed by atoms with Crippen LogP contribution < -0.4 is 5.73 Å². The molecule has 68 valence electrons. The monoisotopic (exact) mass is 295 g/mol. The molecule has 0 aliphatic rings. The van der Waals surface area contributed by atoms with Gasteiger partial charge in [-0.05, 0) is 24.6 Å². The second-order valence-electron chi connectivity index (χ2n) is 2.43. The van der Waals surface area contributed by atoms with Crippen molar-refractivity contribution >= 4 is 32.9 Å². The maximum absolute atomic E-state index is 9.31. The molecular weight excluding hydrogens is 286 g/mol. The highest BCUT2D eigenvalue weighted by molar-refractivity contribution is 9.10. The number of rotatable bonds is 1. The quantitative estimate of drug-likeness (QED) is 0.836. The molecule has 1 rings (SSSR count). The molecule has 0 aromatic heterocycles. The SMILES string of the molecule is Br.Cc1cc(CN)c(O)cc1Br. The molecule has 0 atom stereocenters. The minimum Gasteiger partial charge on any atom is -0.508 e. The van der Waals surface area contributed by atoms with Gasteiger partial charge in [0.25, 0.3) is 0 Å². The molecule has 0 radical (unpaired) electrons. The summed E-state index contributed by atoms with van der Waals surface area (Å²) < 4.78 is 0.909. The molecule has 0 amide bonds. The number of halogens is 2. The minimum atomic E-state index is 0. The topological polar surface area (TPSA) is 46.2 Å². The van der Waals surface area contributed by atoms with Gasteiger partial charge in [0.05, 0.1) is 0 Å². The summed E-state index contributed by atoms with van der Waals surface area (Å²) in [5.41, 5.74) is 7.26. The van der Waals surface area contributed by atoms with Gasteiger partial charge < -0.3 is 10.8 Å². The minimum absolute atomic E-state index is 0. The Hall–Kier alpha value is -0.0600. The fraction of sp³-hybridized carbons (Fsp3) is 0.250. The number of aryl methyl sites for hydroxylation is 1. The normalized spacial score (nSPS) is 9.25. The van der Waals surface area contributed by atoms with Crippen molar-refractivity contribution in [3.05, 3.63) is 27.7 Å². The van der Waals surface area contributed by atoms with Crippen LogP contribution in [0, 0.1) is 6.92 Å². The van der Waals surface area contributed by atoms with Gasteiger partial charge in [0.2, 0.25) is 0 Å². The first-order chi connectivity index (χ1) is 5.15. The second-order valence-corrected chi connectivity index (χ2v) is 3.29. The predicted octanol–water partition coefficient (Wildman–Crippen LogP) is 2.50. The van der Waals surface area contributed by atoms with E-state index in [-0.39, 0.29) is 22.7 Å². The van der Waals surface area contributed by atoms with Crippen molar-refractivity contribution in [2.75, 3.05) is 0 Å². The Morgan fingerprint density at radius 1 is 1.50 bits per heavy atom. The van der Waals surface area contributed by atoms with Crippen molar-refractivity contribution in [1.29, 1.82) is 0 Å². The Morgan fingerprint density at radius 3 is 2.58 bits per heavy atom. The molecule has 0 unspecified atom stereocenters. The Morgan fingerprint density at radius 2 is 2.08 bits per heavy atom. The second kappa shape index (κ2) is 4.84.